The standard InChI is InChI=1S/C19H20O2/c1-4-8-15-9-6-7-10-17(15)19(20)18-13-16(21-3)12-11-14(18)5-2/h5-7,9-13H,2,4,8H2,1,3H3. The van der Waals surface area contributed by atoms with Crippen LogP contribution in [0.15, 0.2) is 49.0 Å². The summed E-state index contributed by atoms with van der Waals surface area (Å²) in [5.41, 5.74) is 3.30. The average molecular weight is 280 g/mol. The van der Waals surface area contributed by atoms with E-state index in [9.17, 15) is 4.79 Å². The summed E-state index contributed by atoms with van der Waals surface area (Å²) in [5.74, 6) is 0.699. The van der Waals surface area contributed by atoms with Gasteiger partial charge in [0.25, 0.3) is 0 Å². The van der Waals surface area contributed by atoms with Crippen LogP contribution in [0.3, 0.4) is 0 Å². The zero-order valence-corrected chi connectivity index (χ0v) is 12.6. The number of hydrogen-bond donors (Lipinski definition) is 0. The quantitative estimate of drug-likeness (QED) is 0.727. The summed E-state index contributed by atoms with van der Waals surface area (Å²) < 4.78 is 5.23. The molecule has 2 heteroatoms. The highest BCUT2D eigenvalue weighted by atomic mass is 16.5. The van der Waals surface area contributed by atoms with Gasteiger partial charge in [-0.1, -0.05) is 56.3 Å². The van der Waals surface area contributed by atoms with Gasteiger partial charge in [-0.3, -0.25) is 4.79 Å². The highest BCUT2D eigenvalue weighted by Gasteiger charge is 2.16. The fourth-order valence-corrected chi connectivity index (χ4v) is 2.41. The Balaban J connectivity index is 2.51. The molecule has 2 rings (SSSR count). The van der Waals surface area contributed by atoms with Crippen molar-refractivity contribution in [2.24, 2.45) is 0 Å². The highest BCUT2D eigenvalue weighted by Crippen LogP contribution is 2.23. The molecule has 2 aromatic carbocycles. The molecule has 0 saturated heterocycles. The molecule has 0 aliphatic heterocycles. The van der Waals surface area contributed by atoms with Gasteiger partial charge < -0.3 is 4.74 Å². The van der Waals surface area contributed by atoms with Gasteiger partial charge in [-0.25, -0.2) is 0 Å². The van der Waals surface area contributed by atoms with E-state index >= 15 is 0 Å². The van der Waals surface area contributed by atoms with Crippen LogP contribution in [0.25, 0.3) is 6.08 Å². The maximum atomic E-state index is 12.9. The van der Waals surface area contributed by atoms with Crippen molar-refractivity contribution in [2.75, 3.05) is 7.11 Å². The zero-order valence-electron chi connectivity index (χ0n) is 12.6. The number of carbonyl (C=O) groups excluding carboxylic acids is 1. The molecule has 0 atom stereocenters. The van der Waals surface area contributed by atoms with Gasteiger partial charge in [0.2, 0.25) is 0 Å². The predicted molar refractivity (Wildman–Crippen MR) is 87.0 cm³/mol. The Labute approximate surface area is 126 Å². The molecule has 0 heterocycles. The normalized spacial score (nSPS) is 10.2. The van der Waals surface area contributed by atoms with Gasteiger partial charge in [-0.2, -0.15) is 0 Å². The molecule has 0 aromatic heterocycles. The third kappa shape index (κ3) is 3.22. The summed E-state index contributed by atoms with van der Waals surface area (Å²) in [4.78, 5) is 12.9. The third-order valence-electron chi connectivity index (χ3n) is 3.51. The first-order chi connectivity index (χ1) is 10.2. The molecule has 0 aliphatic rings. The Morgan fingerprint density at radius 1 is 1.19 bits per heavy atom. The highest BCUT2D eigenvalue weighted by molar-refractivity contribution is 6.12. The van der Waals surface area contributed by atoms with Gasteiger partial charge >= 0.3 is 0 Å². The fraction of sp³-hybridized carbons (Fsp3) is 0.211. The number of aryl methyl sites for hydroxylation is 1. The smallest absolute Gasteiger partial charge is 0.194 e. The zero-order chi connectivity index (χ0) is 15.2. The fourth-order valence-electron chi connectivity index (χ4n) is 2.41. The van der Waals surface area contributed by atoms with Crippen molar-refractivity contribution < 1.29 is 9.53 Å². The van der Waals surface area contributed by atoms with Gasteiger partial charge in [0.15, 0.2) is 5.78 Å². The number of rotatable bonds is 6. The molecule has 0 amide bonds. The van der Waals surface area contributed by atoms with E-state index in [0.717, 1.165) is 29.5 Å². The molecule has 0 bridgehead atoms. The molecular weight excluding hydrogens is 260 g/mol. The number of ether oxygens (including phenoxy) is 1. The van der Waals surface area contributed by atoms with Crippen molar-refractivity contribution in [3.63, 3.8) is 0 Å². The first-order valence-electron chi connectivity index (χ1n) is 7.14. The van der Waals surface area contributed by atoms with Gasteiger partial charge in [0, 0.05) is 11.1 Å². The van der Waals surface area contributed by atoms with Gasteiger partial charge in [-0.05, 0) is 29.7 Å². The van der Waals surface area contributed by atoms with Crippen molar-refractivity contribution in [1.29, 1.82) is 0 Å². The predicted octanol–water partition coefficient (Wildman–Crippen LogP) is 4.52. The van der Waals surface area contributed by atoms with Crippen LogP contribution >= 0.6 is 0 Å². The van der Waals surface area contributed by atoms with E-state index in [1.807, 2.05) is 36.4 Å². The molecule has 2 aromatic rings. The SMILES string of the molecule is C=Cc1ccc(OC)cc1C(=O)c1ccccc1CCC. The molecule has 0 saturated carbocycles. The molecule has 21 heavy (non-hydrogen) atoms. The third-order valence-corrected chi connectivity index (χ3v) is 3.51. The van der Waals surface area contributed by atoms with Crippen LogP contribution in [0, 0.1) is 0 Å². The number of ketones is 1. The van der Waals surface area contributed by atoms with Crippen molar-refractivity contribution in [2.45, 2.75) is 19.8 Å². The van der Waals surface area contributed by atoms with E-state index in [-0.39, 0.29) is 5.78 Å². The van der Waals surface area contributed by atoms with Crippen LogP contribution in [0.1, 0.15) is 40.4 Å². The Morgan fingerprint density at radius 3 is 2.62 bits per heavy atom. The van der Waals surface area contributed by atoms with Crippen molar-refractivity contribution >= 4 is 11.9 Å². The van der Waals surface area contributed by atoms with E-state index in [2.05, 4.69) is 13.5 Å². The Hall–Kier alpha value is -2.35. The lowest BCUT2D eigenvalue weighted by atomic mass is 9.93. The second-order valence-electron chi connectivity index (χ2n) is 4.89. The average Bonchev–Trinajstić information content (AvgIpc) is 2.54. The summed E-state index contributed by atoms with van der Waals surface area (Å²) >= 11 is 0. The lowest BCUT2D eigenvalue weighted by molar-refractivity contribution is 0.103. The van der Waals surface area contributed by atoms with Crippen LogP contribution in [0.2, 0.25) is 0 Å². The van der Waals surface area contributed by atoms with Crippen molar-refractivity contribution in [1.82, 2.24) is 0 Å². The molecule has 0 unspecified atom stereocenters. The second kappa shape index (κ2) is 6.89. The van der Waals surface area contributed by atoms with Crippen LogP contribution in [0.4, 0.5) is 0 Å². The number of benzene rings is 2. The van der Waals surface area contributed by atoms with Crippen LogP contribution in [-0.2, 0) is 6.42 Å². The molecule has 2 nitrogen and oxygen atoms in total. The van der Waals surface area contributed by atoms with Crippen LogP contribution in [0.5, 0.6) is 5.75 Å². The summed E-state index contributed by atoms with van der Waals surface area (Å²) in [6.45, 7) is 5.90. The number of hydrogen-bond acceptors (Lipinski definition) is 2. The Bertz CT molecular complexity index is 656. The molecular formula is C19H20O2. The van der Waals surface area contributed by atoms with E-state index in [1.165, 1.54) is 0 Å². The topological polar surface area (TPSA) is 26.3 Å². The van der Waals surface area contributed by atoms with E-state index in [1.54, 1.807) is 19.3 Å². The minimum Gasteiger partial charge on any atom is -0.497 e. The molecule has 0 N–H and O–H groups in total. The van der Waals surface area contributed by atoms with E-state index in [4.69, 9.17) is 4.74 Å². The van der Waals surface area contributed by atoms with Gasteiger partial charge in [0.05, 0.1) is 7.11 Å². The molecule has 0 fully saturated rings. The summed E-state index contributed by atoms with van der Waals surface area (Å²) in [5, 5.41) is 0. The van der Waals surface area contributed by atoms with Crippen LogP contribution in [-0.4, -0.2) is 12.9 Å². The van der Waals surface area contributed by atoms with Gasteiger partial charge in [-0.15, -0.1) is 0 Å². The minimum absolute atomic E-state index is 0.0212. The molecule has 0 spiro atoms. The summed E-state index contributed by atoms with van der Waals surface area (Å²) in [6.07, 6.45) is 3.61. The van der Waals surface area contributed by atoms with E-state index in [0.29, 0.717) is 11.3 Å². The lowest BCUT2D eigenvalue weighted by Gasteiger charge is -2.11. The summed E-state index contributed by atoms with van der Waals surface area (Å²) in [6, 6.07) is 13.3. The monoisotopic (exact) mass is 280 g/mol. The number of carbonyl (C=O) groups is 1. The Kier molecular flexibility index (Phi) is 4.94. The van der Waals surface area contributed by atoms with Crippen LogP contribution < -0.4 is 4.74 Å². The minimum atomic E-state index is 0.0212. The first-order valence-corrected chi connectivity index (χ1v) is 7.14. The van der Waals surface area contributed by atoms with Gasteiger partial charge in [0.1, 0.15) is 5.75 Å². The molecule has 108 valence electrons. The molecule has 0 aliphatic carbocycles. The lowest BCUT2D eigenvalue weighted by Crippen LogP contribution is -2.07. The van der Waals surface area contributed by atoms with Crippen molar-refractivity contribution in [3.05, 3.63) is 71.3 Å². The Morgan fingerprint density at radius 2 is 1.95 bits per heavy atom. The number of methoxy groups -OCH3 is 1. The molecule has 0 radical (unpaired) electrons. The summed E-state index contributed by atoms with van der Waals surface area (Å²) in [7, 11) is 1.60. The second-order valence-corrected chi connectivity index (χ2v) is 4.89. The maximum absolute atomic E-state index is 12.9. The van der Waals surface area contributed by atoms with Crippen molar-refractivity contribution in [3.8, 4) is 5.75 Å². The van der Waals surface area contributed by atoms with E-state index < -0.39 is 0 Å². The first kappa shape index (κ1) is 15.0. The maximum Gasteiger partial charge on any atom is 0.194 e. The largest absolute Gasteiger partial charge is 0.497 e.